The van der Waals surface area contributed by atoms with E-state index in [-0.39, 0.29) is 11.8 Å². The molecule has 86 valence electrons. The number of rotatable bonds is 2. The topological polar surface area (TPSA) is 32.3 Å². The number of nitrogens with one attached hydrogen (secondary N) is 1. The Morgan fingerprint density at radius 2 is 2.19 bits per heavy atom. The van der Waals surface area contributed by atoms with E-state index < -0.39 is 0 Å². The largest absolute Gasteiger partial charge is 0.326 e. The Morgan fingerprint density at radius 1 is 1.44 bits per heavy atom. The number of carbonyl (C=O) groups is 1. The molecular weight excluding hydrogens is 200 g/mol. The van der Waals surface area contributed by atoms with E-state index in [4.69, 9.17) is 0 Å². The molecule has 0 radical (unpaired) electrons. The summed E-state index contributed by atoms with van der Waals surface area (Å²) in [5.74, 6) is 0.295. The van der Waals surface area contributed by atoms with E-state index in [1.165, 1.54) is 0 Å². The van der Waals surface area contributed by atoms with Gasteiger partial charge in [-0.3, -0.25) is 4.79 Å². The zero-order chi connectivity index (χ0) is 11.5. The molecule has 16 heavy (non-hydrogen) atoms. The van der Waals surface area contributed by atoms with E-state index >= 15 is 0 Å². The first-order valence-electron chi connectivity index (χ1n) is 5.72. The molecule has 1 saturated heterocycles. The molecular formula is C13H18N2O. The molecule has 1 N–H and O–H groups in total. The summed E-state index contributed by atoms with van der Waals surface area (Å²) in [4.78, 5) is 14.2. The van der Waals surface area contributed by atoms with Gasteiger partial charge in [-0.1, -0.05) is 18.2 Å². The van der Waals surface area contributed by atoms with Crippen LogP contribution in [0.25, 0.3) is 0 Å². The monoisotopic (exact) mass is 218 g/mol. The first kappa shape index (κ1) is 11.1. The minimum atomic E-state index is 0.143. The van der Waals surface area contributed by atoms with E-state index in [1.807, 2.05) is 31.2 Å². The molecule has 3 heteroatoms. The Bertz CT molecular complexity index is 389. The zero-order valence-corrected chi connectivity index (χ0v) is 9.86. The van der Waals surface area contributed by atoms with Gasteiger partial charge in [0.05, 0.1) is 5.92 Å². The van der Waals surface area contributed by atoms with Gasteiger partial charge >= 0.3 is 0 Å². The number of nitrogens with zero attached hydrogens (tertiary/aromatic N) is 1. The summed E-state index contributed by atoms with van der Waals surface area (Å²) in [5, 5.41) is 3.01. The fourth-order valence-corrected chi connectivity index (χ4v) is 2.10. The lowest BCUT2D eigenvalue weighted by molar-refractivity contribution is -0.119. The first-order valence-corrected chi connectivity index (χ1v) is 5.72. The summed E-state index contributed by atoms with van der Waals surface area (Å²) in [6, 6.07) is 7.89. The number of hydrogen-bond acceptors (Lipinski definition) is 2. The Labute approximate surface area is 96.5 Å². The van der Waals surface area contributed by atoms with Crippen LogP contribution < -0.4 is 5.32 Å². The molecule has 1 aliphatic rings. The summed E-state index contributed by atoms with van der Waals surface area (Å²) >= 11 is 0. The summed E-state index contributed by atoms with van der Waals surface area (Å²) < 4.78 is 0. The Morgan fingerprint density at radius 3 is 2.81 bits per heavy atom. The summed E-state index contributed by atoms with van der Waals surface area (Å²) in [7, 11) is 2.06. The van der Waals surface area contributed by atoms with E-state index in [1.54, 1.807) is 0 Å². The van der Waals surface area contributed by atoms with Gasteiger partial charge in [0.15, 0.2) is 0 Å². The van der Waals surface area contributed by atoms with Gasteiger partial charge in [0.1, 0.15) is 0 Å². The molecule has 1 aromatic carbocycles. The van der Waals surface area contributed by atoms with Gasteiger partial charge < -0.3 is 10.2 Å². The molecule has 1 amide bonds. The first-order chi connectivity index (χ1) is 7.66. The second-order valence-corrected chi connectivity index (χ2v) is 4.55. The van der Waals surface area contributed by atoms with Crippen molar-refractivity contribution in [2.45, 2.75) is 13.3 Å². The van der Waals surface area contributed by atoms with Crippen molar-refractivity contribution in [3.8, 4) is 0 Å². The standard InChI is InChI=1S/C13H18N2O/c1-10-5-3-4-6-12(10)14-13(16)11-7-8-15(2)9-11/h3-6,11H,7-9H2,1-2H3,(H,14,16). The molecule has 1 heterocycles. The van der Waals surface area contributed by atoms with Crippen molar-refractivity contribution in [1.82, 2.24) is 4.90 Å². The fraction of sp³-hybridized carbons (Fsp3) is 0.462. The van der Waals surface area contributed by atoms with E-state index in [0.29, 0.717) is 0 Å². The number of para-hydroxylation sites is 1. The molecule has 0 spiro atoms. The van der Waals surface area contributed by atoms with Crippen molar-refractivity contribution in [2.24, 2.45) is 5.92 Å². The molecule has 1 aliphatic heterocycles. The van der Waals surface area contributed by atoms with Crippen molar-refractivity contribution in [2.75, 3.05) is 25.5 Å². The maximum absolute atomic E-state index is 12.0. The highest BCUT2D eigenvalue weighted by Gasteiger charge is 2.26. The molecule has 1 fully saturated rings. The Kier molecular flexibility index (Phi) is 3.25. The van der Waals surface area contributed by atoms with Crippen molar-refractivity contribution >= 4 is 11.6 Å². The van der Waals surface area contributed by atoms with Gasteiger partial charge in [-0.2, -0.15) is 0 Å². The van der Waals surface area contributed by atoms with E-state index in [9.17, 15) is 4.79 Å². The van der Waals surface area contributed by atoms with Crippen molar-refractivity contribution in [1.29, 1.82) is 0 Å². The van der Waals surface area contributed by atoms with Crippen LogP contribution in [0.1, 0.15) is 12.0 Å². The molecule has 2 rings (SSSR count). The van der Waals surface area contributed by atoms with Crippen molar-refractivity contribution < 1.29 is 4.79 Å². The molecule has 0 saturated carbocycles. The van der Waals surface area contributed by atoms with Crippen LogP contribution in [0.15, 0.2) is 24.3 Å². The van der Waals surface area contributed by atoms with Crippen LogP contribution in [0.5, 0.6) is 0 Å². The van der Waals surface area contributed by atoms with Gasteiger partial charge in [-0.05, 0) is 38.6 Å². The van der Waals surface area contributed by atoms with E-state index in [2.05, 4.69) is 17.3 Å². The molecule has 1 aromatic rings. The Hall–Kier alpha value is -1.35. The van der Waals surface area contributed by atoms with Gasteiger partial charge in [-0.25, -0.2) is 0 Å². The number of aryl methyl sites for hydroxylation is 1. The van der Waals surface area contributed by atoms with Crippen LogP contribution in [0.3, 0.4) is 0 Å². The van der Waals surface area contributed by atoms with Gasteiger partial charge in [0.2, 0.25) is 5.91 Å². The van der Waals surface area contributed by atoms with Crippen LogP contribution in [0.4, 0.5) is 5.69 Å². The molecule has 1 unspecified atom stereocenters. The fourth-order valence-electron chi connectivity index (χ4n) is 2.10. The third-order valence-corrected chi connectivity index (χ3v) is 3.17. The van der Waals surface area contributed by atoms with Crippen LogP contribution in [-0.4, -0.2) is 30.9 Å². The van der Waals surface area contributed by atoms with Crippen LogP contribution in [0, 0.1) is 12.8 Å². The Balaban J connectivity index is 2.00. The number of hydrogen-bond donors (Lipinski definition) is 1. The van der Waals surface area contributed by atoms with Gasteiger partial charge in [0.25, 0.3) is 0 Å². The average Bonchev–Trinajstić information content (AvgIpc) is 2.68. The van der Waals surface area contributed by atoms with Crippen LogP contribution >= 0.6 is 0 Å². The maximum atomic E-state index is 12.0. The van der Waals surface area contributed by atoms with Crippen molar-refractivity contribution in [3.05, 3.63) is 29.8 Å². The number of anilines is 1. The third-order valence-electron chi connectivity index (χ3n) is 3.17. The maximum Gasteiger partial charge on any atom is 0.228 e. The predicted octanol–water partition coefficient (Wildman–Crippen LogP) is 1.89. The minimum absolute atomic E-state index is 0.143. The molecule has 0 aliphatic carbocycles. The van der Waals surface area contributed by atoms with E-state index in [0.717, 1.165) is 30.8 Å². The number of carbonyl (C=O) groups excluding carboxylic acids is 1. The number of likely N-dealkylation sites (tertiary alicyclic amines) is 1. The lowest BCUT2D eigenvalue weighted by Gasteiger charge is -2.12. The average molecular weight is 218 g/mol. The highest BCUT2D eigenvalue weighted by molar-refractivity contribution is 5.93. The molecule has 1 atom stereocenters. The summed E-state index contributed by atoms with van der Waals surface area (Å²) in [6.45, 7) is 3.90. The number of amides is 1. The lowest BCUT2D eigenvalue weighted by Crippen LogP contribution is -2.25. The summed E-state index contributed by atoms with van der Waals surface area (Å²) in [5.41, 5.74) is 2.05. The molecule has 0 bridgehead atoms. The predicted molar refractivity (Wildman–Crippen MR) is 65.4 cm³/mol. The lowest BCUT2D eigenvalue weighted by atomic mass is 10.1. The highest BCUT2D eigenvalue weighted by atomic mass is 16.1. The quantitative estimate of drug-likeness (QED) is 0.822. The second-order valence-electron chi connectivity index (χ2n) is 4.55. The molecule has 0 aromatic heterocycles. The van der Waals surface area contributed by atoms with Gasteiger partial charge in [0, 0.05) is 12.2 Å². The minimum Gasteiger partial charge on any atom is -0.326 e. The van der Waals surface area contributed by atoms with Crippen molar-refractivity contribution in [3.63, 3.8) is 0 Å². The SMILES string of the molecule is Cc1ccccc1NC(=O)C1CCN(C)C1. The van der Waals surface area contributed by atoms with Crippen LogP contribution in [-0.2, 0) is 4.79 Å². The number of benzene rings is 1. The zero-order valence-electron chi connectivity index (χ0n) is 9.86. The third kappa shape index (κ3) is 2.42. The summed E-state index contributed by atoms with van der Waals surface area (Å²) in [6.07, 6.45) is 0.966. The van der Waals surface area contributed by atoms with Gasteiger partial charge in [-0.15, -0.1) is 0 Å². The normalized spacial score (nSPS) is 21.0. The highest BCUT2D eigenvalue weighted by Crippen LogP contribution is 2.19. The molecule has 3 nitrogen and oxygen atoms in total. The second kappa shape index (κ2) is 4.66. The van der Waals surface area contributed by atoms with Crippen LogP contribution in [0.2, 0.25) is 0 Å². The smallest absolute Gasteiger partial charge is 0.228 e.